The molecule has 1 heterocycles. The average molecular weight is 348 g/mol. The van der Waals surface area contributed by atoms with Crippen LogP contribution in [0.4, 0.5) is 0 Å². The predicted octanol–water partition coefficient (Wildman–Crippen LogP) is 3.71. The Morgan fingerprint density at radius 2 is 1.73 bits per heavy atom. The van der Waals surface area contributed by atoms with Crippen LogP contribution < -0.4 is 15.6 Å². The zero-order valence-corrected chi connectivity index (χ0v) is 14.7. The van der Waals surface area contributed by atoms with Crippen LogP contribution in [-0.2, 0) is 6.54 Å². The van der Waals surface area contributed by atoms with Gasteiger partial charge in [-0.15, -0.1) is 0 Å². The molecule has 132 valence electrons. The molecule has 1 amide bonds. The quantitative estimate of drug-likeness (QED) is 0.738. The van der Waals surface area contributed by atoms with Crippen LogP contribution in [0.2, 0.25) is 0 Å². The third-order valence-corrected chi connectivity index (χ3v) is 4.02. The van der Waals surface area contributed by atoms with E-state index in [0.717, 1.165) is 11.3 Å². The fraction of sp³-hybridized carbons (Fsp3) is 0.143. The van der Waals surface area contributed by atoms with Gasteiger partial charge in [-0.2, -0.15) is 0 Å². The molecule has 0 spiro atoms. The van der Waals surface area contributed by atoms with Gasteiger partial charge in [0, 0.05) is 17.8 Å². The van der Waals surface area contributed by atoms with Crippen molar-refractivity contribution in [1.29, 1.82) is 0 Å². The minimum atomic E-state index is -0.295. The second kappa shape index (κ2) is 7.70. The van der Waals surface area contributed by atoms with Crippen LogP contribution >= 0.6 is 0 Å². The molecule has 5 heteroatoms. The molecule has 2 N–H and O–H groups in total. The summed E-state index contributed by atoms with van der Waals surface area (Å²) in [6.45, 7) is 3.84. The lowest BCUT2D eigenvalue weighted by atomic mass is 10.1. The molecule has 0 fully saturated rings. The van der Waals surface area contributed by atoms with E-state index in [1.165, 1.54) is 0 Å². The fourth-order valence-electron chi connectivity index (χ4n) is 2.72. The fourth-order valence-corrected chi connectivity index (χ4v) is 2.72. The summed E-state index contributed by atoms with van der Waals surface area (Å²) in [5, 5.41) is 2.80. The number of para-hydroxylation sites is 2. The number of aromatic nitrogens is 1. The summed E-state index contributed by atoms with van der Waals surface area (Å²) in [4.78, 5) is 27.5. The summed E-state index contributed by atoms with van der Waals surface area (Å²) in [5.74, 6) is 0.820. The number of amides is 1. The monoisotopic (exact) mass is 348 g/mol. The topological polar surface area (TPSA) is 71.2 Å². The zero-order chi connectivity index (χ0) is 18.5. The predicted molar refractivity (Wildman–Crippen MR) is 101 cm³/mol. The third-order valence-electron chi connectivity index (χ3n) is 4.02. The Balaban J connectivity index is 1.78. The smallest absolute Gasteiger partial charge is 0.255 e. The van der Waals surface area contributed by atoms with Crippen molar-refractivity contribution < 1.29 is 9.53 Å². The van der Waals surface area contributed by atoms with Gasteiger partial charge < -0.3 is 15.0 Å². The summed E-state index contributed by atoms with van der Waals surface area (Å²) >= 11 is 0. The molecular weight excluding hydrogens is 328 g/mol. The van der Waals surface area contributed by atoms with E-state index in [9.17, 15) is 9.59 Å². The van der Waals surface area contributed by atoms with E-state index in [0.29, 0.717) is 22.6 Å². The largest absolute Gasteiger partial charge is 0.457 e. The van der Waals surface area contributed by atoms with Crippen LogP contribution in [0.1, 0.15) is 27.2 Å². The van der Waals surface area contributed by atoms with Gasteiger partial charge in [0.05, 0.1) is 5.56 Å². The Hall–Kier alpha value is -3.34. The van der Waals surface area contributed by atoms with Crippen LogP contribution in [0, 0.1) is 13.8 Å². The lowest BCUT2D eigenvalue weighted by Crippen LogP contribution is -2.28. The van der Waals surface area contributed by atoms with Crippen LogP contribution in [-0.4, -0.2) is 10.9 Å². The lowest BCUT2D eigenvalue weighted by molar-refractivity contribution is 0.0948. The molecule has 0 radical (unpaired) electrons. The second-order valence-corrected chi connectivity index (χ2v) is 6.04. The van der Waals surface area contributed by atoms with Gasteiger partial charge in [0.1, 0.15) is 11.5 Å². The Labute approximate surface area is 151 Å². The first-order valence-electron chi connectivity index (χ1n) is 8.34. The Morgan fingerprint density at radius 1 is 1.04 bits per heavy atom. The number of aromatic amines is 1. The van der Waals surface area contributed by atoms with Crippen molar-refractivity contribution >= 4 is 5.91 Å². The summed E-state index contributed by atoms with van der Waals surface area (Å²) in [6, 6.07) is 18.2. The van der Waals surface area contributed by atoms with Gasteiger partial charge in [0.2, 0.25) is 0 Å². The summed E-state index contributed by atoms with van der Waals surface area (Å²) in [6.07, 6.45) is 0. The van der Waals surface area contributed by atoms with E-state index in [1.807, 2.05) is 56.3 Å². The highest BCUT2D eigenvalue weighted by molar-refractivity contribution is 5.97. The van der Waals surface area contributed by atoms with Crippen molar-refractivity contribution in [2.45, 2.75) is 20.4 Å². The number of nitrogens with one attached hydrogen (secondary N) is 2. The maximum atomic E-state index is 12.6. The maximum Gasteiger partial charge on any atom is 0.255 e. The van der Waals surface area contributed by atoms with Gasteiger partial charge in [-0.1, -0.05) is 30.3 Å². The average Bonchev–Trinajstić information content (AvgIpc) is 2.62. The number of H-pyrrole nitrogens is 1. The summed E-state index contributed by atoms with van der Waals surface area (Å²) < 4.78 is 5.82. The number of hydrogen-bond donors (Lipinski definition) is 2. The van der Waals surface area contributed by atoms with E-state index in [2.05, 4.69) is 10.3 Å². The summed E-state index contributed by atoms with van der Waals surface area (Å²) in [5.41, 5.74) is 2.42. The number of carbonyl (C=O) groups excluding carboxylic acids is 1. The number of carbonyl (C=O) groups is 1. The molecule has 0 unspecified atom stereocenters. The highest BCUT2D eigenvalue weighted by Crippen LogP contribution is 2.25. The number of rotatable bonds is 5. The van der Waals surface area contributed by atoms with E-state index < -0.39 is 0 Å². The number of aryl methyl sites for hydroxylation is 2. The van der Waals surface area contributed by atoms with Crippen LogP contribution in [0.25, 0.3) is 0 Å². The van der Waals surface area contributed by atoms with Crippen molar-refractivity contribution in [3.8, 4) is 11.5 Å². The summed E-state index contributed by atoms with van der Waals surface area (Å²) in [7, 11) is 0. The molecule has 0 saturated heterocycles. The van der Waals surface area contributed by atoms with E-state index in [4.69, 9.17) is 4.74 Å². The van der Waals surface area contributed by atoms with E-state index in [-0.39, 0.29) is 18.0 Å². The second-order valence-electron chi connectivity index (χ2n) is 6.04. The van der Waals surface area contributed by atoms with Crippen molar-refractivity contribution in [1.82, 2.24) is 10.3 Å². The highest BCUT2D eigenvalue weighted by atomic mass is 16.5. The number of pyridine rings is 1. The molecule has 2 aromatic carbocycles. The van der Waals surface area contributed by atoms with E-state index >= 15 is 0 Å². The maximum absolute atomic E-state index is 12.6. The molecule has 1 aromatic heterocycles. The first-order chi connectivity index (χ1) is 12.5. The molecule has 0 aliphatic heterocycles. The number of ether oxygens (including phenoxy) is 1. The van der Waals surface area contributed by atoms with Crippen molar-refractivity contribution in [2.75, 3.05) is 0 Å². The Morgan fingerprint density at radius 3 is 2.46 bits per heavy atom. The molecule has 26 heavy (non-hydrogen) atoms. The first-order valence-corrected chi connectivity index (χ1v) is 8.34. The molecule has 0 bridgehead atoms. The Kier molecular flexibility index (Phi) is 5.17. The molecule has 3 rings (SSSR count). The highest BCUT2D eigenvalue weighted by Gasteiger charge is 2.14. The van der Waals surface area contributed by atoms with Gasteiger partial charge in [0.25, 0.3) is 11.5 Å². The first kappa shape index (κ1) is 17.5. The van der Waals surface area contributed by atoms with Crippen molar-refractivity contribution in [2.24, 2.45) is 0 Å². The normalized spacial score (nSPS) is 10.4. The number of benzene rings is 2. The minimum Gasteiger partial charge on any atom is -0.457 e. The van der Waals surface area contributed by atoms with Crippen molar-refractivity contribution in [3.63, 3.8) is 0 Å². The minimum absolute atomic E-state index is 0.153. The zero-order valence-electron chi connectivity index (χ0n) is 14.7. The van der Waals surface area contributed by atoms with Gasteiger partial charge in [-0.3, -0.25) is 9.59 Å². The molecular formula is C21H20N2O3. The van der Waals surface area contributed by atoms with Gasteiger partial charge >= 0.3 is 0 Å². The van der Waals surface area contributed by atoms with Gasteiger partial charge in [0.15, 0.2) is 0 Å². The van der Waals surface area contributed by atoms with Crippen LogP contribution in [0.15, 0.2) is 65.5 Å². The molecule has 0 aliphatic rings. The van der Waals surface area contributed by atoms with E-state index in [1.54, 1.807) is 18.2 Å². The SMILES string of the molecule is Cc1cc(C)c(CNC(=O)c2ccccc2Oc2ccccc2)c(=O)[nH]1. The molecule has 5 nitrogen and oxygen atoms in total. The Bertz CT molecular complexity index is 978. The number of hydrogen-bond acceptors (Lipinski definition) is 3. The molecule has 0 atom stereocenters. The van der Waals surface area contributed by atoms with Gasteiger partial charge in [-0.25, -0.2) is 0 Å². The van der Waals surface area contributed by atoms with Crippen LogP contribution in [0.5, 0.6) is 11.5 Å². The molecule has 0 saturated carbocycles. The van der Waals surface area contributed by atoms with Gasteiger partial charge in [-0.05, 0) is 49.7 Å². The van der Waals surface area contributed by atoms with Crippen LogP contribution in [0.3, 0.4) is 0 Å². The lowest BCUT2D eigenvalue weighted by Gasteiger charge is -2.12. The molecule has 0 aliphatic carbocycles. The van der Waals surface area contributed by atoms with Crippen molar-refractivity contribution in [3.05, 3.63) is 93.4 Å². The third kappa shape index (κ3) is 4.00. The molecule has 3 aromatic rings. The standard InChI is InChI=1S/C21H20N2O3/c1-14-12-15(2)23-21(25)18(14)13-22-20(24)17-10-6-7-11-19(17)26-16-8-4-3-5-9-16/h3-12H,13H2,1-2H3,(H,22,24)(H,23,25).